The molecule has 0 N–H and O–H groups in total. The van der Waals surface area contributed by atoms with Gasteiger partial charge >= 0.3 is 0 Å². The fourth-order valence-electron chi connectivity index (χ4n) is 2.13. The lowest BCUT2D eigenvalue weighted by Gasteiger charge is -2.09. The molecule has 100 valence electrons. The number of benzene rings is 2. The van der Waals surface area contributed by atoms with E-state index in [0.29, 0.717) is 10.9 Å². The summed E-state index contributed by atoms with van der Waals surface area (Å²) in [6.07, 6.45) is 1.52. The topological polar surface area (TPSA) is 12.9 Å². The molecule has 0 bridgehead atoms. The molecule has 0 saturated heterocycles. The molecule has 3 rings (SSSR count). The van der Waals surface area contributed by atoms with E-state index in [2.05, 4.69) is 4.98 Å². The fourth-order valence-corrected chi connectivity index (χ4v) is 2.13. The van der Waals surface area contributed by atoms with Gasteiger partial charge in [-0.1, -0.05) is 18.2 Å². The molecule has 0 amide bonds. The average molecular weight is 277 g/mol. The van der Waals surface area contributed by atoms with Crippen LogP contribution >= 0.6 is 0 Å². The van der Waals surface area contributed by atoms with Crippen molar-refractivity contribution < 1.29 is 17.6 Å². The molecule has 0 saturated carbocycles. The van der Waals surface area contributed by atoms with Crippen molar-refractivity contribution >= 4 is 10.9 Å². The van der Waals surface area contributed by atoms with Crippen molar-refractivity contribution in [1.82, 2.24) is 4.98 Å². The van der Waals surface area contributed by atoms with E-state index in [4.69, 9.17) is 0 Å². The zero-order chi connectivity index (χ0) is 14.3. The lowest BCUT2D eigenvalue weighted by molar-refractivity contribution is 0.458. The molecular weight excluding hydrogens is 270 g/mol. The van der Waals surface area contributed by atoms with E-state index in [1.165, 1.54) is 18.3 Å². The predicted octanol–water partition coefficient (Wildman–Crippen LogP) is 4.46. The first-order valence-corrected chi connectivity index (χ1v) is 5.76. The lowest BCUT2D eigenvalue weighted by atomic mass is 9.99. The molecule has 1 nitrogen and oxygen atoms in total. The molecule has 0 atom stereocenters. The quantitative estimate of drug-likeness (QED) is 0.473. The lowest BCUT2D eigenvalue weighted by Crippen LogP contribution is -1.99. The molecule has 0 fully saturated rings. The van der Waals surface area contributed by atoms with Gasteiger partial charge in [0.2, 0.25) is 0 Å². The summed E-state index contributed by atoms with van der Waals surface area (Å²) in [6, 6.07) is 7.91. The number of nitrogens with zero attached hydrogens (tertiary/aromatic N) is 1. The third kappa shape index (κ3) is 1.82. The van der Waals surface area contributed by atoms with Gasteiger partial charge in [0.15, 0.2) is 23.3 Å². The fraction of sp³-hybridized carbons (Fsp3) is 0. The molecule has 0 spiro atoms. The third-order valence-corrected chi connectivity index (χ3v) is 3.03. The second-order valence-corrected chi connectivity index (χ2v) is 4.22. The summed E-state index contributed by atoms with van der Waals surface area (Å²) in [6.45, 7) is 0. The van der Waals surface area contributed by atoms with Crippen LogP contribution in [0.2, 0.25) is 0 Å². The standard InChI is InChI=1S/C15H7F4N/c16-10-7-11(17)15(19)13(14(10)18)9-3-1-5-12-8(9)4-2-6-20-12/h1-7H. The van der Waals surface area contributed by atoms with Crippen molar-refractivity contribution in [3.05, 3.63) is 65.9 Å². The van der Waals surface area contributed by atoms with E-state index in [-0.39, 0.29) is 11.6 Å². The van der Waals surface area contributed by atoms with Crippen LogP contribution in [0.1, 0.15) is 0 Å². The highest BCUT2D eigenvalue weighted by atomic mass is 19.2. The van der Waals surface area contributed by atoms with Gasteiger partial charge in [-0.3, -0.25) is 4.98 Å². The number of rotatable bonds is 1. The largest absolute Gasteiger partial charge is 0.256 e. The second-order valence-electron chi connectivity index (χ2n) is 4.22. The van der Waals surface area contributed by atoms with Gasteiger partial charge < -0.3 is 0 Å². The van der Waals surface area contributed by atoms with Crippen molar-refractivity contribution in [3.63, 3.8) is 0 Å². The molecule has 0 aliphatic carbocycles. The zero-order valence-electron chi connectivity index (χ0n) is 10.0. The first-order valence-electron chi connectivity index (χ1n) is 5.76. The van der Waals surface area contributed by atoms with Crippen molar-refractivity contribution in [1.29, 1.82) is 0 Å². The Morgan fingerprint density at radius 1 is 0.800 bits per heavy atom. The smallest absolute Gasteiger partial charge is 0.169 e. The average Bonchev–Trinajstić information content (AvgIpc) is 2.46. The van der Waals surface area contributed by atoms with E-state index in [1.54, 1.807) is 18.2 Å². The maximum Gasteiger partial charge on any atom is 0.169 e. The van der Waals surface area contributed by atoms with Crippen LogP contribution in [0.4, 0.5) is 17.6 Å². The summed E-state index contributed by atoms with van der Waals surface area (Å²) < 4.78 is 54.3. The van der Waals surface area contributed by atoms with E-state index in [0.717, 1.165) is 0 Å². The molecule has 0 aliphatic rings. The first-order chi connectivity index (χ1) is 9.59. The highest BCUT2D eigenvalue weighted by Crippen LogP contribution is 2.33. The third-order valence-electron chi connectivity index (χ3n) is 3.03. The number of hydrogen-bond donors (Lipinski definition) is 0. The Balaban J connectivity index is 2.43. The number of pyridine rings is 1. The van der Waals surface area contributed by atoms with Crippen LogP contribution in [0, 0.1) is 23.3 Å². The molecule has 3 aromatic rings. The monoisotopic (exact) mass is 277 g/mol. The zero-order valence-corrected chi connectivity index (χ0v) is 10.0. The van der Waals surface area contributed by atoms with Crippen LogP contribution < -0.4 is 0 Å². The van der Waals surface area contributed by atoms with Crippen LogP contribution in [0.25, 0.3) is 22.0 Å². The Bertz CT molecular complexity index is 783. The summed E-state index contributed by atoms with van der Waals surface area (Å²) in [7, 11) is 0. The molecule has 0 aliphatic heterocycles. The minimum Gasteiger partial charge on any atom is -0.256 e. The van der Waals surface area contributed by atoms with Gasteiger partial charge in [-0.2, -0.15) is 0 Å². The number of fused-ring (bicyclic) bond motifs is 1. The maximum atomic E-state index is 13.9. The maximum absolute atomic E-state index is 13.9. The summed E-state index contributed by atoms with van der Waals surface area (Å²) in [4.78, 5) is 4.04. The minimum absolute atomic E-state index is 0.0593. The van der Waals surface area contributed by atoms with Gasteiger partial charge in [-0.05, 0) is 17.7 Å². The van der Waals surface area contributed by atoms with Gasteiger partial charge in [0, 0.05) is 17.6 Å². The van der Waals surface area contributed by atoms with Gasteiger partial charge in [-0.25, -0.2) is 17.6 Å². The molecule has 2 aromatic carbocycles. The van der Waals surface area contributed by atoms with Crippen molar-refractivity contribution in [2.75, 3.05) is 0 Å². The molecule has 20 heavy (non-hydrogen) atoms. The van der Waals surface area contributed by atoms with Crippen molar-refractivity contribution in [3.8, 4) is 11.1 Å². The van der Waals surface area contributed by atoms with Crippen LogP contribution in [0.5, 0.6) is 0 Å². The van der Waals surface area contributed by atoms with Crippen LogP contribution in [0.15, 0.2) is 42.6 Å². The van der Waals surface area contributed by atoms with E-state index >= 15 is 0 Å². The Hall–Kier alpha value is -2.43. The molecular formula is C15H7F4N. The van der Waals surface area contributed by atoms with E-state index < -0.39 is 28.8 Å². The van der Waals surface area contributed by atoms with Gasteiger partial charge in [0.1, 0.15) is 0 Å². The van der Waals surface area contributed by atoms with E-state index in [1.807, 2.05) is 0 Å². The van der Waals surface area contributed by atoms with Gasteiger partial charge in [0.25, 0.3) is 0 Å². The number of aromatic nitrogens is 1. The number of halogens is 4. The molecule has 0 unspecified atom stereocenters. The Kier molecular flexibility index (Phi) is 2.89. The first kappa shape index (κ1) is 12.6. The van der Waals surface area contributed by atoms with Crippen molar-refractivity contribution in [2.24, 2.45) is 0 Å². The number of hydrogen-bond acceptors (Lipinski definition) is 1. The SMILES string of the molecule is Fc1cc(F)c(F)c(-c2cccc3ncccc23)c1F. The van der Waals surface area contributed by atoms with Crippen LogP contribution in [-0.2, 0) is 0 Å². The normalized spacial score (nSPS) is 11.0. The Labute approximate surface area is 111 Å². The Morgan fingerprint density at radius 2 is 1.50 bits per heavy atom. The van der Waals surface area contributed by atoms with Gasteiger partial charge in [-0.15, -0.1) is 0 Å². The molecule has 5 heteroatoms. The summed E-state index contributed by atoms with van der Waals surface area (Å²) in [5.74, 6) is -5.69. The Morgan fingerprint density at radius 3 is 2.20 bits per heavy atom. The summed E-state index contributed by atoms with van der Waals surface area (Å²) >= 11 is 0. The van der Waals surface area contributed by atoms with E-state index in [9.17, 15) is 17.6 Å². The highest BCUT2D eigenvalue weighted by molar-refractivity contribution is 5.94. The minimum atomic E-state index is -1.43. The van der Waals surface area contributed by atoms with Crippen LogP contribution in [0.3, 0.4) is 0 Å². The van der Waals surface area contributed by atoms with Crippen LogP contribution in [-0.4, -0.2) is 4.98 Å². The molecule has 1 aromatic heterocycles. The molecule has 0 radical (unpaired) electrons. The highest BCUT2D eigenvalue weighted by Gasteiger charge is 2.21. The molecule has 1 heterocycles. The summed E-state index contributed by atoms with van der Waals surface area (Å²) in [5, 5.41) is 0.415. The van der Waals surface area contributed by atoms with Gasteiger partial charge in [0.05, 0.1) is 11.1 Å². The van der Waals surface area contributed by atoms with Crippen molar-refractivity contribution in [2.45, 2.75) is 0 Å². The second kappa shape index (κ2) is 4.59. The summed E-state index contributed by atoms with van der Waals surface area (Å²) in [5.41, 5.74) is -0.182. The predicted molar refractivity (Wildman–Crippen MR) is 67.0 cm³/mol.